The normalized spacial score (nSPS) is 20.0. The van der Waals surface area contributed by atoms with Crippen LogP contribution in [0.15, 0.2) is 33.7 Å². The van der Waals surface area contributed by atoms with Crippen molar-refractivity contribution in [2.75, 3.05) is 24.5 Å². The lowest BCUT2D eigenvalue weighted by atomic mass is 9.77. The number of nitrogens with zero attached hydrogens (tertiary/aromatic N) is 3. The van der Waals surface area contributed by atoms with Crippen molar-refractivity contribution in [1.82, 2.24) is 9.46 Å². The fourth-order valence-corrected chi connectivity index (χ4v) is 6.22. The largest absolute Gasteiger partial charge is 0.416 e. The summed E-state index contributed by atoms with van der Waals surface area (Å²) in [6.07, 6.45) is -3.20. The van der Waals surface area contributed by atoms with E-state index >= 15 is 0 Å². The van der Waals surface area contributed by atoms with Crippen molar-refractivity contribution >= 4 is 21.6 Å². The molecule has 2 saturated heterocycles. The molecule has 0 N–H and O–H groups in total. The summed E-state index contributed by atoms with van der Waals surface area (Å²) in [5.74, 6) is 0.0600. The predicted octanol–water partition coefficient (Wildman–Crippen LogP) is 3.52. The van der Waals surface area contributed by atoms with Crippen molar-refractivity contribution in [2.24, 2.45) is 5.41 Å². The Kier molecular flexibility index (Phi) is 5.16. The van der Waals surface area contributed by atoms with E-state index < -0.39 is 27.2 Å². The molecule has 31 heavy (non-hydrogen) atoms. The second kappa shape index (κ2) is 7.33. The number of aromatic nitrogens is 1. The molecule has 1 spiro atoms. The fourth-order valence-electron chi connectivity index (χ4n) is 4.49. The third-order valence-corrected chi connectivity index (χ3v) is 8.41. The molecule has 2 fully saturated rings. The van der Waals surface area contributed by atoms with Gasteiger partial charge < -0.3 is 9.42 Å². The molecule has 2 aromatic rings. The van der Waals surface area contributed by atoms with Gasteiger partial charge >= 0.3 is 6.18 Å². The number of hydrogen-bond acceptors (Lipinski definition) is 5. The van der Waals surface area contributed by atoms with E-state index in [2.05, 4.69) is 5.16 Å². The molecule has 0 radical (unpaired) electrons. The number of benzene rings is 1. The van der Waals surface area contributed by atoms with Crippen molar-refractivity contribution in [3.05, 3.63) is 41.3 Å². The third-order valence-electron chi connectivity index (χ3n) is 6.26. The highest BCUT2D eigenvalue weighted by Crippen LogP contribution is 2.44. The Morgan fingerprint density at radius 2 is 1.61 bits per heavy atom. The molecule has 0 bridgehead atoms. The Bertz CT molecular complexity index is 1080. The molecule has 2 aliphatic heterocycles. The van der Waals surface area contributed by atoms with Crippen LogP contribution in [0.4, 0.5) is 18.9 Å². The lowest BCUT2D eigenvalue weighted by Gasteiger charge is -2.37. The number of alkyl halides is 3. The Hall–Kier alpha value is -2.40. The van der Waals surface area contributed by atoms with E-state index in [1.807, 2.05) is 0 Å². The Morgan fingerprint density at radius 3 is 2.13 bits per heavy atom. The van der Waals surface area contributed by atoms with Gasteiger partial charge in [0.25, 0.3) is 0 Å². The van der Waals surface area contributed by atoms with E-state index in [0.717, 1.165) is 12.1 Å². The van der Waals surface area contributed by atoms with E-state index in [4.69, 9.17) is 4.52 Å². The van der Waals surface area contributed by atoms with Crippen LogP contribution in [0.1, 0.15) is 36.3 Å². The highest BCUT2D eigenvalue weighted by Gasteiger charge is 2.50. The van der Waals surface area contributed by atoms with Crippen molar-refractivity contribution < 1.29 is 30.9 Å². The quantitative estimate of drug-likeness (QED) is 0.704. The van der Waals surface area contributed by atoms with Gasteiger partial charge in [-0.3, -0.25) is 4.79 Å². The first-order valence-corrected chi connectivity index (χ1v) is 11.3. The SMILES string of the molecule is Cc1noc(C)c1S(=O)(=O)N1CCC2(CCN(c3ccc(C(F)(F)F)cc3)C2=O)CC1. The number of carbonyl (C=O) groups excluding carboxylic acids is 1. The van der Waals surface area contributed by atoms with E-state index in [9.17, 15) is 26.4 Å². The summed E-state index contributed by atoms with van der Waals surface area (Å²) in [6.45, 7) is 3.86. The number of sulfonamides is 1. The van der Waals surface area contributed by atoms with Crippen LogP contribution >= 0.6 is 0 Å². The summed E-state index contributed by atoms with van der Waals surface area (Å²) in [7, 11) is -3.78. The molecule has 0 aliphatic carbocycles. The average molecular weight is 457 g/mol. The zero-order valence-electron chi connectivity index (χ0n) is 17.1. The number of halogens is 3. The van der Waals surface area contributed by atoms with Gasteiger partial charge in [0.15, 0.2) is 5.76 Å². The van der Waals surface area contributed by atoms with E-state index in [1.165, 1.54) is 21.3 Å². The van der Waals surface area contributed by atoms with Crippen LogP contribution in [0, 0.1) is 19.3 Å². The third kappa shape index (κ3) is 3.63. The molecular weight excluding hydrogens is 435 g/mol. The van der Waals surface area contributed by atoms with Gasteiger partial charge in [-0.05, 0) is 57.4 Å². The molecular formula is C20H22F3N3O4S. The summed E-state index contributed by atoms with van der Waals surface area (Å²) in [6, 6.07) is 4.53. The van der Waals surface area contributed by atoms with E-state index in [0.29, 0.717) is 37.2 Å². The zero-order valence-corrected chi connectivity index (χ0v) is 17.9. The molecule has 0 unspecified atom stereocenters. The van der Waals surface area contributed by atoms with Gasteiger partial charge in [0.2, 0.25) is 15.9 Å². The summed E-state index contributed by atoms with van der Waals surface area (Å²) in [4.78, 5) is 14.7. The molecule has 7 nitrogen and oxygen atoms in total. The van der Waals surface area contributed by atoms with Gasteiger partial charge in [-0.1, -0.05) is 5.16 Å². The number of amides is 1. The summed E-state index contributed by atoms with van der Waals surface area (Å²) in [5, 5.41) is 3.71. The summed E-state index contributed by atoms with van der Waals surface area (Å²) >= 11 is 0. The molecule has 1 amide bonds. The van der Waals surface area contributed by atoms with Gasteiger partial charge in [0.05, 0.1) is 11.0 Å². The van der Waals surface area contributed by atoms with Gasteiger partial charge in [-0.25, -0.2) is 8.42 Å². The topological polar surface area (TPSA) is 83.7 Å². The number of anilines is 1. The highest BCUT2D eigenvalue weighted by molar-refractivity contribution is 7.89. The van der Waals surface area contributed by atoms with Crippen molar-refractivity contribution in [1.29, 1.82) is 0 Å². The molecule has 11 heteroatoms. The Balaban J connectivity index is 1.49. The minimum Gasteiger partial charge on any atom is -0.360 e. The summed E-state index contributed by atoms with van der Waals surface area (Å²) in [5.41, 5.74) is -0.757. The Morgan fingerprint density at radius 1 is 1.03 bits per heavy atom. The number of hydrogen-bond donors (Lipinski definition) is 0. The van der Waals surface area contributed by atoms with Gasteiger partial charge in [-0.15, -0.1) is 0 Å². The molecule has 168 valence electrons. The first-order valence-electron chi connectivity index (χ1n) is 9.88. The van der Waals surface area contributed by atoms with Gasteiger partial charge in [0, 0.05) is 25.3 Å². The van der Waals surface area contributed by atoms with Crippen LogP contribution in [0.5, 0.6) is 0 Å². The number of aryl methyl sites for hydroxylation is 2. The summed E-state index contributed by atoms with van der Waals surface area (Å²) < 4.78 is 70.8. The maximum absolute atomic E-state index is 13.2. The van der Waals surface area contributed by atoms with Gasteiger partial charge in [0.1, 0.15) is 10.6 Å². The first-order chi connectivity index (χ1) is 14.5. The van der Waals surface area contributed by atoms with Crippen LogP contribution in [0.25, 0.3) is 0 Å². The average Bonchev–Trinajstić information content (AvgIpc) is 3.21. The molecule has 1 aromatic carbocycles. The fraction of sp³-hybridized carbons (Fsp3) is 0.500. The second-order valence-corrected chi connectivity index (χ2v) is 9.96. The maximum atomic E-state index is 13.2. The highest BCUT2D eigenvalue weighted by atomic mass is 32.2. The number of carbonyl (C=O) groups is 1. The Labute approximate surface area is 177 Å². The minimum atomic E-state index is -4.44. The van der Waals surface area contributed by atoms with E-state index in [-0.39, 0.29) is 29.7 Å². The van der Waals surface area contributed by atoms with Crippen molar-refractivity contribution in [2.45, 2.75) is 44.2 Å². The van der Waals surface area contributed by atoms with E-state index in [1.54, 1.807) is 13.8 Å². The number of rotatable bonds is 3. The second-order valence-electron chi connectivity index (χ2n) is 8.09. The van der Waals surface area contributed by atoms with Crippen molar-refractivity contribution in [3.8, 4) is 0 Å². The smallest absolute Gasteiger partial charge is 0.360 e. The molecule has 0 atom stereocenters. The predicted molar refractivity (Wildman–Crippen MR) is 105 cm³/mol. The van der Waals surface area contributed by atoms with Gasteiger partial charge in [-0.2, -0.15) is 17.5 Å². The lowest BCUT2D eigenvalue weighted by molar-refractivity contribution is -0.137. The molecule has 0 saturated carbocycles. The van der Waals surface area contributed by atoms with Crippen LogP contribution in [-0.2, 0) is 21.0 Å². The monoisotopic (exact) mass is 457 g/mol. The first kappa shape index (κ1) is 21.8. The molecule has 2 aliphatic rings. The molecule has 4 rings (SSSR count). The van der Waals surface area contributed by atoms with Crippen LogP contribution in [0.2, 0.25) is 0 Å². The van der Waals surface area contributed by atoms with Crippen LogP contribution in [-0.4, -0.2) is 43.4 Å². The number of piperidine rings is 1. The maximum Gasteiger partial charge on any atom is 0.416 e. The van der Waals surface area contributed by atoms with Crippen LogP contribution in [0.3, 0.4) is 0 Å². The lowest BCUT2D eigenvalue weighted by Crippen LogP contribution is -2.46. The van der Waals surface area contributed by atoms with Crippen LogP contribution < -0.4 is 4.90 Å². The zero-order chi connectivity index (χ0) is 22.6. The van der Waals surface area contributed by atoms with Crippen molar-refractivity contribution in [3.63, 3.8) is 0 Å². The molecule has 3 heterocycles. The minimum absolute atomic E-state index is 0.0626. The molecule has 1 aromatic heterocycles. The standard InChI is InChI=1S/C20H22F3N3O4S/c1-13-17(14(2)30-24-13)31(28,29)25-10-7-19(8-11-25)9-12-26(18(19)27)16-5-3-15(4-6-16)20(21,22)23/h3-6H,7-12H2,1-2H3.